The van der Waals surface area contributed by atoms with Crippen molar-refractivity contribution in [1.82, 2.24) is 0 Å². The zero-order valence-corrected chi connectivity index (χ0v) is 13.3. The van der Waals surface area contributed by atoms with Gasteiger partial charge < -0.3 is 10.5 Å². The van der Waals surface area contributed by atoms with E-state index in [-0.39, 0.29) is 12.2 Å². The predicted octanol–water partition coefficient (Wildman–Crippen LogP) is 4.38. The molecule has 0 aromatic heterocycles. The van der Waals surface area contributed by atoms with Gasteiger partial charge in [-0.1, -0.05) is 6.07 Å². The van der Waals surface area contributed by atoms with Crippen molar-refractivity contribution in [2.45, 2.75) is 6.61 Å². The number of nitrogen functional groups attached to an aromatic ring is 1. The lowest BCUT2D eigenvalue weighted by atomic mass is 10.1. The Bertz CT molecular complexity index is 675. The van der Waals surface area contributed by atoms with Gasteiger partial charge in [0, 0.05) is 11.3 Å². The molecule has 0 saturated heterocycles. The molecule has 0 unspecified atom stereocenters. The molecule has 0 aliphatic rings. The van der Waals surface area contributed by atoms with Crippen molar-refractivity contribution in [3.8, 4) is 11.8 Å². The number of halogens is 3. The third-order valence-corrected chi connectivity index (χ3v) is 3.75. The molecule has 0 bridgehead atoms. The molecule has 2 aromatic rings. The zero-order chi connectivity index (χ0) is 14.7. The van der Waals surface area contributed by atoms with Gasteiger partial charge in [-0.3, -0.25) is 0 Å². The molecule has 0 aliphatic heterocycles. The van der Waals surface area contributed by atoms with E-state index in [2.05, 4.69) is 31.9 Å². The molecule has 2 N–H and O–H groups in total. The lowest BCUT2D eigenvalue weighted by molar-refractivity contribution is 0.296. The molecule has 0 fully saturated rings. The van der Waals surface area contributed by atoms with Crippen LogP contribution in [0.15, 0.2) is 39.3 Å². The maximum Gasteiger partial charge on any atom is 0.148 e. The average molecular weight is 400 g/mol. The lowest BCUT2D eigenvalue weighted by Gasteiger charge is -2.11. The van der Waals surface area contributed by atoms with Crippen LogP contribution in [0.3, 0.4) is 0 Å². The van der Waals surface area contributed by atoms with Gasteiger partial charge in [0.05, 0.1) is 20.6 Å². The third-order valence-electron chi connectivity index (χ3n) is 2.57. The normalized spacial score (nSPS) is 10.1. The van der Waals surface area contributed by atoms with Gasteiger partial charge in [-0.05, 0) is 56.1 Å². The van der Waals surface area contributed by atoms with E-state index >= 15 is 0 Å². The van der Waals surface area contributed by atoms with Gasteiger partial charge in [0.25, 0.3) is 0 Å². The molecule has 0 heterocycles. The predicted molar refractivity (Wildman–Crippen MR) is 81.7 cm³/mol. The third kappa shape index (κ3) is 3.30. The summed E-state index contributed by atoms with van der Waals surface area (Å²) in [5.41, 5.74) is 6.92. The smallest absolute Gasteiger partial charge is 0.148 e. The van der Waals surface area contributed by atoms with E-state index in [1.807, 2.05) is 6.07 Å². The van der Waals surface area contributed by atoms with Gasteiger partial charge in [-0.2, -0.15) is 5.26 Å². The van der Waals surface area contributed by atoms with E-state index in [0.29, 0.717) is 25.9 Å². The zero-order valence-electron chi connectivity index (χ0n) is 10.2. The van der Waals surface area contributed by atoms with Crippen molar-refractivity contribution in [3.63, 3.8) is 0 Å². The van der Waals surface area contributed by atoms with Crippen molar-refractivity contribution >= 4 is 37.5 Å². The molecule has 102 valence electrons. The Morgan fingerprint density at radius 3 is 2.40 bits per heavy atom. The van der Waals surface area contributed by atoms with E-state index in [0.717, 1.165) is 0 Å². The van der Waals surface area contributed by atoms with Crippen molar-refractivity contribution < 1.29 is 9.13 Å². The summed E-state index contributed by atoms with van der Waals surface area (Å²) < 4.78 is 20.7. The number of anilines is 1. The Hall–Kier alpha value is -1.58. The number of ether oxygens (including phenoxy) is 1. The van der Waals surface area contributed by atoms with E-state index in [1.165, 1.54) is 12.1 Å². The minimum absolute atomic E-state index is 0.0542. The Balaban J connectivity index is 2.20. The van der Waals surface area contributed by atoms with Crippen LogP contribution in [-0.2, 0) is 6.61 Å². The van der Waals surface area contributed by atoms with E-state index in [9.17, 15) is 4.39 Å². The SMILES string of the molecule is N#Cc1ccc(COc2c(Br)cc(N)cc2Br)c(F)c1. The standard InChI is InChI=1S/C14H9Br2FN2O/c15-11-4-10(19)5-12(16)14(11)20-7-9-2-1-8(6-18)3-13(9)17/h1-5H,7,19H2. The molecule has 3 nitrogen and oxygen atoms in total. The lowest BCUT2D eigenvalue weighted by Crippen LogP contribution is -2.00. The topological polar surface area (TPSA) is 59.0 Å². The number of rotatable bonds is 3. The fourth-order valence-electron chi connectivity index (χ4n) is 1.60. The summed E-state index contributed by atoms with van der Waals surface area (Å²) in [5.74, 6) is 0.0784. The first-order chi connectivity index (χ1) is 9.51. The number of nitrogens with two attached hydrogens (primary N) is 1. The molecule has 0 atom stereocenters. The Kier molecular flexibility index (Phi) is 4.63. The molecular formula is C14H9Br2FN2O. The molecule has 2 rings (SSSR count). The number of nitriles is 1. The van der Waals surface area contributed by atoms with E-state index in [4.69, 9.17) is 15.7 Å². The maximum absolute atomic E-state index is 13.7. The number of hydrogen-bond donors (Lipinski definition) is 1. The van der Waals surface area contributed by atoms with Crippen molar-refractivity contribution in [3.05, 3.63) is 56.2 Å². The highest BCUT2D eigenvalue weighted by Gasteiger charge is 2.10. The van der Waals surface area contributed by atoms with E-state index < -0.39 is 5.82 Å². The number of hydrogen-bond acceptors (Lipinski definition) is 3. The summed E-state index contributed by atoms with van der Waals surface area (Å²) in [7, 11) is 0. The second-order valence-electron chi connectivity index (χ2n) is 4.02. The fraction of sp³-hybridized carbons (Fsp3) is 0.0714. The van der Waals surface area contributed by atoms with Gasteiger partial charge in [0.1, 0.15) is 18.2 Å². The molecule has 20 heavy (non-hydrogen) atoms. The van der Waals surface area contributed by atoms with Crippen LogP contribution in [0.4, 0.5) is 10.1 Å². The van der Waals surface area contributed by atoms with Crippen molar-refractivity contribution in [2.75, 3.05) is 5.73 Å². The van der Waals surface area contributed by atoms with Gasteiger partial charge in [-0.15, -0.1) is 0 Å². The van der Waals surface area contributed by atoms with Crippen molar-refractivity contribution in [1.29, 1.82) is 5.26 Å². The molecule has 2 aromatic carbocycles. The quantitative estimate of drug-likeness (QED) is 0.779. The van der Waals surface area contributed by atoms with Crippen LogP contribution in [0.5, 0.6) is 5.75 Å². The fourth-order valence-corrected chi connectivity index (χ4v) is 3.05. The Morgan fingerprint density at radius 2 is 1.85 bits per heavy atom. The minimum atomic E-state index is -0.466. The second-order valence-corrected chi connectivity index (χ2v) is 5.73. The number of nitrogens with zero attached hydrogens (tertiary/aromatic N) is 1. The summed E-state index contributed by atoms with van der Waals surface area (Å²) in [4.78, 5) is 0. The molecule has 0 spiro atoms. The maximum atomic E-state index is 13.7. The summed E-state index contributed by atoms with van der Waals surface area (Å²) >= 11 is 6.68. The second kappa shape index (κ2) is 6.25. The highest BCUT2D eigenvalue weighted by atomic mass is 79.9. The first-order valence-corrected chi connectivity index (χ1v) is 7.15. The molecule has 0 saturated carbocycles. The van der Waals surface area contributed by atoms with Crippen LogP contribution in [-0.4, -0.2) is 0 Å². The van der Waals surface area contributed by atoms with Crippen molar-refractivity contribution in [2.24, 2.45) is 0 Å². The summed E-state index contributed by atoms with van der Waals surface area (Å²) in [6, 6.07) is 9.56. The van der Waals surface area contributed by atoms with Gasteiger partial charge in [0.15, 0.2) is 0 Å². The van der Waals surface area contributed by atoms with Gasteiger partial charge in [0.2, 0.25) is 0 Å². The highest BCUT2D eigenvalue weighted by Crippen LogP contribution is 2.36. The Morgan fingerprint density at radius 1 is 1.20 bits per heavy atom. The van der Waals surface area contributed by atoms with Crippen LogP contribution in [0.1, 0.15) is 11.1 Å². The molecule has 0 amide bonds. The molecule has 0 aliphatic carbocycles. The van der Waals surface area contributed by atoms with Gasteiger partial charge >= 0.3 is 0 Å². The minimum Gasteiger partial charge on any atom is -0.486 e. The Labute approximate surface area is 132 Å². The molecule has 0 radical (unpaired) electrons. The van der Waals surface area contributed by atoms with Crippen LogP contribution in [0, 0.1) is 17.1 Å². The summed E-state index contributed by atoms with van der Waals surface area (Å²) in [6.45, 7) is 0.0542. The first-order valence-electron chi connectivity index (χ1n) is 5.57. The van der Waals surface area contributed by atoms with Crippen LogP contribution < -0.4 is 10.5 Å². The average Bonchev–Trinajstić information content (AvgIpc) is 2.39. The van der Waals surface area contributed by atoms with E-state index in [1.54, 1.807) is 18.2 Å². The number of benzene rings is 2. The van der Waals surface area contributed by atoms with Crippen LogP contribution in [0.2, 0.25) is 0 Å². The molecule has 6 heteroatoms. The summed E-state index contributed by atoms with van der Waals surface area (Å²) in [5, 5.41) is 8.69. The monoisotopic (exact) mass is 398 g/mol. The molecular weight excluding hydrogens is 391 g/mol. The highest BCUT2D eigenvalue weighted by molar-refractivity contribution is 9.11. The largest absolute Gasteiger partial charge is 0.486 e. The van der Waals surface area contributed by atoms with Crippen LogP contribution in [0.25, 0.3) is 0 Å². The van der Waals surface area contributed by atoms with Crippen LogP contribution >= 0.6 is 31.9 Å². The van der Waals surface area contributed by atoms with Gasteiger partial charge in [-0.25, -0.2) is 4.39 Å². The summed E-state index contributed by atoms with van der Waals surface area (Å²) in [6.07, 6.45) is 0. The first kappa shape index (κ1) is 14.8.